The predicted octanol–water partition coefficient (Wildman–Crippen LogP) is 2.66. The van der Waals surface area contributed by atoms with Gasteiger partial charge in [-0.15, -0.1) is 0 Å². The van der Waals surface area contributed by atoms with Crippen LogP contribution in [0.1, 0.15) is 52.4 Å². The maximum atomic E-state index is 6.02. The maximum absolute atomic E-state index is 6.02. The van der Waals surface area contributed by atoms with E-state index in [9.17, 15) is 0 Å². The fraction of sp³-hybridized carbons (Fsp3) is 1.00. The summed E-state index contributed by atoms with van der Waals surface area (Å²) in [5.41, 5.74) is 0.423. The van der Waals surface area contributed by atoms with E-state index in [0.717, 1.165) is 19.1 Å². The second kappa shape index (κ2) is 6.33. The lowest BCUT2D eigenvalue weighted by atomic mass is 9.74. The molecule has 2 heterocycles. The normalized spacial score (nSPS) is 36.6. The van der Waals surface area contributed by atoms with Crippen LogP contribution in [0.3, 0.4) is 0 Å². The van der Waals surface area contributed by atoms with E-state index in [0.29, 0.717) is 17.6 Å². The number of nitrogens with one attached hydrogen (secondary N) is 1. The molecule has 2 saturated heterocycles. The Kier molecular flexibility index (Phi) is 4.68. The lowest BCUT2D eigenvalue weighted by Gasteiger charge is -2.48. The van der Waals surface area contributed by atoms with Crippen LogP contribution in [0.15, 0.2) is 0 Å². The first-order chi connectivity index (χ1) is 9.67. The van der Waals surface area contributed by atoms with Crippen LogP contribution in [0.2, 0.25) is 0 Å². The summed E-state index contributed by atoms with van der Waals surface area (Å²) in [5, 5.41) is 3.59. The lowest BCUT2D eigenvalue weighted by molar-refractivity contribution is -0.101. The van der Waals surface area contributed by atoms with Crippen molar-refractivity contribution in [2.45, 2.75) is 64.5 Å². The summed E-state index contributed by atoms with van der Waals surface area (Å²) in [4.78, 5) is 2.77. The van der Waals surface area contributed by atoms with E-state index < -0.39 is 0 Å². The number of ether oxygens (including phenoxy) is 1. The molecule has 3 unspecified atom stereocenters. The van der Waals surface area contributed by atoms with E-state index in [2.05, 4.69) is 24.1 Å². The molecule has 3 atom stereocenters. The molecule has 0 aromatic carbocycles. The van der Waals surface area contributed by atoms with Crippen LogP contribution in [0.4, 0.5) is 0 Å². The zero-order valence-corrected chi connectivity index (χ0v) is 13.4. The Bertz CT molecular complexity index is 310. The third-order valence-corrected chi connectivity index (χ3v) is 5.86. The van der Waals surface area contributed by atoms with E-state index in [1.165, 1.54) is 58.2 Å². The maximum Gasteiger partial charge on any atom is 0.0730 e. The Balaban J connectivity index is 1.62. The smallest absolute Gasteiger partial charge is 0.0730 e. The standard InChI is InChI=1S/C17H32N2O/c1-17(2,14-6-5-9-18-12-14)13-19-10-11-20-16-8-4-3-7-15(16)19/h14-16,18H,3-13H2,1-2H3. The van der Waals surface area contributed by atoms with Crippen LogP contribution in [-0.2, 0) is 4.74 Å². The molecule has 20 heavy (non-hydrogen) atoms. The molecule has 1 saturated carbocycles. The topological polar surface area (TPSA) is 24.5 Å². The molecule has 3 fully saturated rings. The van der Waals surface area contributed by atoms with Gasteiger partial charge < -0.3 is 10.1 Å². The van der Waals surface area contributed by atoms with Crippen molar-refractivity contribution in [1.29, 1.82) is 0 Å². The van der Waals surface area contributed by atoms with Crippen molar-refractivity contribution in [2.75, 3.05) is 32.8 Å². The van der Waals surface area contributed by atoms with Gasteiger partial charge in [-0.2, -0.15) is 0 Å². The second-order valence-electron chi connectivity index (χ2n) is 7.76. The molecule has 3 heteroatoms. The van der Waals surface area contributed by atoms with Gasteiger partial charge in [0.05, 0.1) is 12.7 Å². The Morgan fingerprint density at radius 2 is 2.00 bits per heavy atom. The van der Waals surface area contributed by atoms with E-state index in [1.807, 2.05) is 0 Å². The van der Waals surface area contributed by atoms with Crippen LogP contribution in [0, 0.1) is 11.3 Å². The predicted molar refractivity (Wildman–Crippen MR) is 82.9 cm³/mol. The molecular formula is C17H32N2O. The van der Waals surface area contributed by atoms with Gasteiger partial charge in [-0.3, -0.25) is 4.90 Å². The minimum Gasteiger partial charge on any atom is -0.375 e. The molecule has 0 bridgehead atoms. The van der Waals surface area contributed by atoms with Crippen molar-refractivity contribution in [3.05, 3.63) is 0 Å². The molecule has 3 rings (SSSR count). The monoisotopic (exact) mass is 280 g/mol. The number of nitrogens with zero attached hydrogens (tertiary/aromatic N) is 1. The summed E-state index contributed by atoms with van der Waals surface area (Å²) < 4.78 is 6.02. The van der Waals surface area contributed by atoms with Gasteiger partial charge in [0, 0.05) is 19.1 Å². The Morgan fingerprint density at radius 3 is 2.80 bits per heavy atom. The summed E-state index contributed by atoms with van der Waals surface area (Å²) in [5.74, 6) is 0.834. The van der Waals surface area contributed by atoms with Crippen molar-refractivity contribution < 1.29 is 4.74 Å². The summed E-state index contributed by atoms with van der Waals surface area (Å²) in [6.45, 7) is 10.7. The van der Waals surface area contributed by atoms with Crippen LogP contribution in [0.5, 0.6) is 0 Å². The highest BCUT2D eigenvalue weighted by Gasteiger charge is 2.39. The lowest BCUT2D eigenvalue weighted by Crippen LogP contribution is -2.56. The summed E-state index contributed by atoms with van der Waals surface area (Å²) in [7, 11) is 0. The second-order valence-corrected chi connectivity index (χ2v) is 7.76. The number of hydrogen-bond acceptors (Lipinski definition) is 3. The molecule has 0 aromatic heterocycles. The van der Waals surface area contributed by atoms with Crippen LogP contribution >= 0.6 is 0 Å². The molecule has 2 aliphatic heterocycles. The first kappa shape index (κ1) is 14.8. The first-order valence-corrected chi connectivity index (χ1v) is 8.73. The number of morpholine rings is 1. The average molecular weight is 280 g/mol. The SMILES string of the molecule is CC(C)(CN1CCOC2CCCCC21)C1CCCNC1. The van der Waals surface area contributed by atoms with Crippen LogP contribution in [0.25, 0.3) is 0 Å². The molecular weight excluding hydrogens is 248 g/mol. The third-order valence-electron chi connectivity index (χ3n) is 5.86. The minimum absolute atomic E-state index is 0.423. The number of piperidine rings is 1. The molecule has 116 valence electrons. The molecule has 0 amide bonds. The van der Waals surface area contributed by atoms with Gasteiger partial charge in [0.15, 0.2) is 0 Å². The van der Waals surface area contributed by atoms with Crippen molar-refractivity contribution in [3.63, 3.8) is 0 Å². The van der Waals surface area contributed by atoms with E-state index in [-0.39, 0.29) is 0 Å². The van der Waals surface area contributed by atoms with Gasteiger partial charge >= 0.3 is 0 Å². The van der Waals surface area contributed by atoms with Crippen molar-refractivity contribution in [2.24, 2.45) is 11.3 Å². The molecule has 1 aliphatic carbocycles. The fourth-order valence-corrected chi connectivity index (χ4v) is 4.54. The van der Waals surface area contributed by atoms with Gasteiger partial charge in [-0.1, -0.05) is 26.7 Å². The molecule has 0 spiro atoms. The van der Waals surface area contributed by atoms with E-state index >= 15 is 0 Å². The highest BCUT2D eigenvalue weighted by Crippen LogP contribution is 2.36. The largest absolute Gasteiger partial charge is 0.375 e. The van der Waals surface area contributed by atoms with Gasteiger partial charge in [0.2, 0.25) is 0 Å². The summed E-state index contributed by atoms with van der Waals surface area (Å²) >= 11 is 0. The fourth-order valence-electron chi connectivity index (χ4n) is 4.54. The molecule has 0 radical (unpaired) electrons. The summed E-state index contributed by atoms with van der Waals surface area (Å²) in [6.07, 6.45) is 8.67. The van der Waals surface area contributed by atoms with Crippen molar-refractivity contribution >= 4 is 0 Å². The average Bonchev–Trinajstić information content (AvgIpc) is 2.48. The molecule has 3 aliphatic rings. The minimum atomic E-state index is 0.423. The molecule has 1 N–H and O–H groups in total. The third kappa shape index (κ3) is 3.20. The zero-order valence-electron chi connectivity index (χ0n) is 13.4. The van der Waals surface area contributed by atoms with Crippen molar-refractivity contribution in [1.82, 2.24) is 10.2 Å². The first-order valence-electron chi connectivity index (χ1n) is 8.73. The van der Waals surface area contributed by atoms with Crippen LogP contribution < -0.4 is 5.32 Å². The quantitative estimate of drug-likeness (QED) is 0.860. The van der Waals surface area contributed by atoms with E-state index in [1.54, 1.807) is 0 Å². The highest BCUT2D eigenvalue weighted by atomic mass is 16.5. The van der Waals surface area contributed by atoms with Gasteiger partial charge in [-0.25, -0.2) is 0 Å². The Labute approximate surface area is 124 Å². The molecule has 3 nitrogen and oxygen atoms in total. The molecule has 0 aromatic rings. The summed E-state index contributed by atoms with van der Waals surface area (Å²) in [6, 6.07) is 0.702. The van der Waals surface area contributed by atoms with Crippen molar-refractivity contribution in [3.8, 4) is 0 Å². The highest BCUT2D eigenvalue weighted by molar-refractivity contribution is 4.92. The zero-order chi connectivity index (χ0) is 14.0. The van der Waals surface area contributed by atoms with E-state index in [4.69, 9.17) is 4.74 Å². The van der Waals surface area contributed by atoms with Gasteiger partial charge in [-0.05, 0) is 50.1 Å². The number of rotatable bonds is 3. The Hall–Kier alpha value is -0.120. The Morgan fingerprint density at radius 1 is 1.15 bits per heavy atom. The number of fused-ring (bicyclic) bond motifs is 1. The number of hydrogen-bond donors (Lipinski definition) is 1. The van der Waals surface area contributed by atoms with Gasteiger partial charge in [0.1, 0.15) is 0 Å². The van der Waals surface area contributed by atoms with Crippen LogP contribution in [-0.4, -0.2) is 49.8 Å². The van der Waals surface area contributed by atoms with Gasteiger partial charge in [0.25, 0.3) is 0 Å².